The molecule has 0 amide bonds. The second-order valence-corrected chi connectivity index (χ2v) is 7.90. The molecule has 0 bridgehead atoms. The fourth-order valence-corrected chi connectivity index (χ4v) is 5.92. The zero-order chi connectivity index (χ0) is 13.2. The summed E-state index contributed by atoms with van der Waals surface area (Å²) in [6.07, 6.45) is 2.80. The second-order valence-electron chi connectivity index (χ2n) is 4.82. The number of hydrogen-bond donors (Lipinski definition) is 1. The summed E-state index contributed by atoms with van der Waals surface area (Å²) >= 11 is 1.76. The van der Waals surface area contributed by atoms with Gasteiger partial charge in [0.25, 0.3) is 0 Å². The lowest BCUT2D eigenvalue weighted by Crippen LogP contribution is -2.44. The van der Waals surface area contributed by atoms with Gasteiger partial charge in [0, 0.05) is 11.8 Å². The van der Waals surface area contributed by atoms with Crippen LogP contribution in [0.3, 0.4) is 0 Å². The molecule has 1 aliphatic heterocycles. The molecule has 18 heavy (non-hydrogen) atoms. The maximum absolute atomic E-state index is 12.3. The number of methoxy groups -OCH3 is 1. The summed E-state index contributed by atoms with van der Waals surface area (Å²) in [5.41, 5.74) is 0. The van der Waals surface area contributed by atoms with E-state index in [0.717, 1.165) is 24.3 Å². The van der Waals surface area contributed by atoms with E-state index in [4.69, 9.17) is 4.74 Å². The average Bonchev–Trinajstić information content (AvgIpc) is 2.97. The van der Waals surface area contributed by atoms with Crippen molar-refractivity contribution in [2.45, 2.75) is 37.0 Å². The Morgan fingerprint density at radius 2 is 2.11 bits per heavy atom. The monoisotopic (exact) mass is 293 g/mol. The van der Waals surface area contributed by atoms with Gasteiger partial charge in [0.1, 0.15) is 0 Å². The van der Waals surface area contributed by atoms with E-state index >= 15 is 0 Å². The number of esters is 1. The molecule has 3 unspecified atom stereocenters. The first kappa shape index (κ1) is 14.1. The van der Waals surface area contributed by atoms with E-state index in [1.165, 1.54) is 7.11 Å². The fourth-order valence-electron chi connectivity index (χ4n) is 2.67. The molecule has 0 spiro atoms. The predicted octanol–water partition coefficient (Wildman–Crippen LogP) is 0.753. The van der Waals surface area contributed by atoms with E-state index in [1.54, 1.807) is 11.8 Å². The Morgan fingerprint density at radius 3 is 2.72 bits per heavy atom. The first-order valence-corrected chi connectivity index (χ1v) is 8.91. The lowest BCUT2D eigenvalue weighted by molar-refractivity contribution is -0.145. The zero-order valence-corrected chi connectivity index (χ0v) is 12.1. The lowest BCUT2D eigenvalue weighted by Gasteiger charge is -2.20. The zero-order valence-electron chi connectivity index (χ0n) is 10.4. The molecule has 1 heterocycles. The molecular formula is C11H19NO4S2. The Kier molecular flexibility index (Phi) is 4.55. The van der Waals surface area contributed by atoms with Crippen molar-refractivity contribution in [1.29, 1.82) is 0 Å². The molecule has 1 saturated carbocycles. The Morgan fingerprint density at radius 1 is 1.33 bits per heavy atom. The number of sulfonamides is 1. The van der Waals surface area contributed by atoms with Crippen LogP contribution >= 0.6 is 11.8 Å². The van der Waals surface area contributed by atoms with Gasteiger partial charge in [-0.3, -0.25) is 4.79 Å². The van der Waals surface area contributed by atoms with E-state index in [1.807, 2.05) is 0 Å². The van der Waals surface area contributed by atoms with Gasteiger partial charge in [-0.25, -0.2) is 13.1 Å². The summed E-state index contributed by atoms with van der Waals surface area (Å²) in [6.45, 7) is 0. The van der Waals surface area contributed by atoms with Gasteiger partial charge >= 0.3 is 5.97 Å². The van der Waals surface area contributed by atoms with Crippen LogP contribution in [-0.4, -0.2) is 44.3 Å². The summed E-state index contributed by atoms with van der Waals surface area (Å²) in [5.74, 6) is 0.929. The molecule has 2 fully saturated rings. The highest BCUT2D eigenvalue weighted by molar-refractivity contribution is 7.99. The molecule has 7 heteroatoms. The summed E-state index contributed by atoms with van der Waals surface area (Å²) < 4.78 is 32.0. The van der Waals surface area contributed by atoms with Gasteiger partial charge in [0.05, 0.1) is 18.3 Å². The first-order chi connectivity index (χ1) is 8.54. The third-order valence-electron chi connectivity index (χ3n) is 3.62. The van der Waals surface area contributed by atoms with Crippen LogP contribution in [0, 0.1) is 5.92 Å². The predicted molar refractivity (Wildman–Crippen MR) is 70.9 cm³/mol. The van der Waals surface area contributed by atoms with Crippen molar-refractivity contribution in [3.8, 4) is 0 Å². The quantitative estimate of drug-likeness (QED) is 0.775. The van der Waals surface area contributed by atoms with Crippen molar-refractivity contribution in [1.82, 2.24) is 4.72 Å². The minimum Gasteiger partial charge on any atom is -0.469 e. The lowest BCUT2D eigenvalue weighted by atomic mass is 10.1. The van der Waals surface area contributed by atoms with Gasteiger partial charge in [-0.2, -0.15) is 11.8 Å². The van der Waals surface area contributed by atoms with Crippen LogP contribution in [-0.2, 0) is 19.6 Å². The van der Waals surface area contributed by atoms with Crippen molar-refractivity contribution < 1.29 is 17.9 Å². The molecular weight excluding hydrogens is 274 g/mol. The molecule has 104 valence electrons. The summed E-state index contributed by atoms with van der Waals surface area (Å²) in [5, 5.41) is -0.615. The van der Waals surface area contributed by atoms with Crippen LogP contribution in [0.5, 0.6) is 0 Å². The molecule has 2 aliphatic rings. The van der Waals surface area contributed by atoms with Gasteiger partial charge in [-0.1, -0.05) is 6.42 Å². The molecule has 0 aromatic heterocycles. The van der Waals surface area contributed by atoms with Crippen molar-refractivity contribution in [3.05, 3.63) is 0 Å². The molecule has 0 radical (unpaired) electrons. The topological polar surface area (TPSA) is 72.5 Å². The first-order valence-electron chi connectivity index (χ1n) is 6.21. The van der Waals surface area contributed by atoms with Crippen LogP contribution < -0.4 is 4.72 Å². The number of thioether (sulfide) groups is 1. The molecule has 0 aromatic rings. The van der Waals surface area contributed by atoms with E-state index in [2.05, 4.69) is 4.72 Å². The summed E-state index contributed by atoms with van der Waals surface area (Å²) in [4.78, 5) is 11.6. The largest absolute Gasteiger partial charge is 0.469 e. The fraction of sp³-hybridized carbons (Fsp3) is 0.909. The van der Waals surface area contributed by atoms with E-state index in [0.29, 0.717) is 12.8 Å². The maximum Gasteiger partial charge on any atom is 0.310 e. The summed E-state index contributed by atoms with van der Waals surface area (Å²) in [6, 6.07) is 0.0268. The van der Waals surface area contributed by atoms with E-state index in [-0.39, 0.29) is 6.04 Å². The van der Waals surface area contributed by atoms with Crippen LogP contribution in [0.1, 0.15) is 25.7 Å². The molecule has 5 nitrogen and oxygen atoms in total. The molecule has 0 aromatic carbocycles. The van der Waals surface area contributed by atoms with Gasteiger partial charge < -0.3 is 4.74 Å². The third-order valence-corrected chi connectivity index (χ3v) is 6.80. The van der Waals surface area contributed by atoms with Gasteiger partial charge in [0.15, 0.2) is 0 Å². The number of rotatable bonds is 4. The third kappa shape index (κ3) is 3.00. The highest BCUT2D eigenvalue weighted by Gasteiger charge is 2.43. The van der Waals surface area contributed by atoms with Crippen LogP contribution in [0.2, 0.25) is 0 Å². The maximum atomic E-state index is 12.3. The standard InChI is InChI=1S/C11H19NO4S2/c1-16-11(13)9-3-2-4-10(9)18(14,15)12-8-5-6-17-7-8/h8-10,12H,2-7H2,1H3. The normalized spacial score (nSPS) is 32.6. The van der Waals surface area contributed by atoms with E-state index < -0.39 is 27.2 Å². The molecule has 2 rings (SSSR count). The highest BCUT2D eigenvalue weighted by atomic mass is 32.2. The number of carbonyl (C=O) groups is 1. The van der Waals surface area contributed by atoms with Crippen LogP contribution in [0.15, 0.2) is 0 Å². The van der Waals surface area contributed by atoms with Gasteiger partial charge in [-0.15, -0.1) is 0 Å². The second kappa shape index (κ2) is 5.79. The number of hydrogen-bond acceptors (Lipinski definition) is 5. The van der Waals surface area contributed by atoms with Crippen molar-refractivity contribution >= 4 is 27.8 Å². The SMILES string of the molecule is COC(=O)C1CCCC1S(=O)(=O)NC1CCSC1. The van der Waals surface area contributed by atoms with Gasteiger partial charge in [-0.05, 0) is 25.0 Å². The molecule has 1 N–H and O–H groups in total. The Labute approximate surface area is 112 Å². The number of ether oxygens (including phenoxy) is 1. The van der Waals surface area contributed by atoms with Crippen molar-refractivity contribution in [2.75, 3.05) is 18.6 Å². The molecule has 1 aliphatic carbocycles. The number of carbonyl (C=O) groups excluding carboxylic acids is 1. The minimum absolute atomic E-state index is 0.0268. The van der Waals surface area contributed by atoms with Gasteiger partial charge in [0.2, 0.25) is 10.0 Å². The Balaban J connectivity index is 2.05. The van der Waals surface area contributed by atoms with E-state index in [9.17, 15) is 13.2 Å². The smallest absolute Gasteiger partial charge is 0.310 e. The van der Waals surface area contributed by atoms with Crippen LogP contribution in [0.25, 0.3) is 0 Å². The Hall–Kier alpha value is -0.270. The number of nitrogens with one attached hydrogen (secondary N) is 1. The summed E-state index contributed by atoms with van der Waals surface area (Å²) in [7, 11) is -2.10. The Bertz CT molecular complexity index is 403. The highest BCUT2D eigenvalue weighted by Crippen LogP contribution is 2.32. The van der Waals surface area contributed by atoms with Crippen molar-refractivity contribution in [3.63, 3.8) is 0 Å². The molecule has 3 atom stereocenters. The minimum atomic E-state index is -3.41. The average molecular weight is 293 g/mol. The van der Waals surface area contributed by atoms with Crippen LogP contribution in [0.4, 0.5) is 0 Å². The van der Waals surface area contributed by atoms with Crippen molar-refractivity contribution in [2.24, 2.45) is 5.92 Å². The molecule has 1 saturated heterocycles.